The topological polar surface area (TPSA) is 90.1 Å². The first-order valence-corrected chi connectivity index (χ1v) is 14.0. The number of benzene rings is 4. The van der Waals surface area contributed by atoms with Crippen LogP contribution in [-0.4, -0.2) is 39.7 Å². The predicted molar refractivity (Wildman–Crippen MR) is 163 cm³/mol. The van der Waals surface area contributed by atoms with Gasteiger partial charge in [0.15, 0.2) is 5.82 Å². The normalized spacial score (nSPS) is 11.6. The lowest BCUT2D eigenvalue weighted by Gasteiger charge is -2.18. The predicted octanol–water partition coefficient (Wildman–Crippen LogP) is 7.08. The summed E-state index contributed by atoms with van der Waals surface area (Å²) in [5.41, 5.74) is 10.5. The third kappa shape index (κ3) is 4.19. The van der Waals surface area contributed by atoms with E-state index < -0.39 is 0 Å². The summed E-state index contributed by atoms with van der Waals surface area (Å²) >= 11 is 0. The number of hydrogen-bond donors (Lipinski definition) is 1. The molecule has 41 heavy (non-hydrogen) atoms. The number of nitrogens with zero attached hydrogens (tertiary/aromatic N) is 7. The minimum atomic E-state index is 0.642. The number of para-hydroxylation sites is 2. The van der Waals surface area contributed by atoms with Gasteiger partial charge in [0.1, 0.15) is 11.6 Å². The van der Waals surface area contributed by atoms with Crippen molar-refractivity contribution < 1.29 is 0 Å². The van der Waals surface area contributed by atoms with Crippen LogP contribution in [0.3, 0.4) is 0 Å². The molecule has 4 aromatic carbocycles. The van der Waals surface area contributed by atoms with Crippen molar-refractivity contribution in [2.45, 2.75) is 33.1 Å². The van der Waals surface area contributed by atoms with Crippen molar-refractivity contribution in [3.05, 3.63) is 96.3 Å². The second kappa shape index (κ2) is 10.1. The molecule has 0 unspecified atom stereocenters. The van der Waals surface area contributed by atoms with E-state index in [9.17, 15) is 0 Å². The molecule has 0 spiro atoms. The fraction of sp³-hybridized carbons (Fsp3) is 0.182. The highest BCUT2D eigenvalue weighted by Gasteiger charge is 2.21. The average molecular weight is 539 g/mol. The Morgan fingerprint density at radius 1 is 0.805 bits per heavy atom. The molecule has 0 fully saturated rings. The van der Waals surface area contributed by atoms with E-state index in [1.54, 1.807) is 0 Å². The van der Waals surface area contributed by atoms with Gasteiger partial charge in [-0.05, 0) is 76.9 Å². The van der Waals surface area contributed by atoms with Crippen LogP contribution < -0.4 is 0 Å². The van der Waals surface area contributed by atoms with E-state index in [-0.39, 0.29) is 0 Å². The Balaban J connectivity index is 1.47. The van der Waals surface area contributed by atoms with Gasteiger partial charge in [-0.25, -0.2) is 15.1 Å². The van der Waals surface area contributed by atoms with Gasteiger partial charge in [0.2, 0.25) is 0 Å². The molecule has 1 N–H and O–H groups in total. The molecule has 0 aliphatic heterocycles. The van der Waals surface area contributed by atoms with Gasteiger partial charge in [-0.2, -0.15) is 0 Å². The Labute approximate surface area is 237 Å². The summed E-state index contributed by atoms with van der Waals surface area (Å²) in [6, 6.07) is 29.4. The van der Waals surface area contributed by atoms with Crippen molar-refractivity contribution in [1.29, 1.82) is 0 Å². The molecule has 8 heteroatoms. The summed E-state index contributed by atoms with van der Waals surface area (Å²) in [5, 5.41) is 15.1. The van der Waals surface area contributed by atoms with Crippen LogP contribution in [0.5, 0.6) is 0 Å². The number of hydrogen-bond acceptors (Lipinski definition) is 5. The molecule has 0 atom stereocenters. The molecule has 0 radical (unpaired) electrons. The highest BCUT2D eigenvalue weighted by Crippen LogP contribution is 2.38. The van der Waals surface area contributed by atoms with Crippen LogP contribution in [0.25, 0.3) is 61.7 Å². The van der Waals surface area contributed by atoms with Crippen molar-refractivity contribution in [3.63, 3.8) is 0 Å². The minimum absolute atomic E-state index is 0.642. The van der Waals surface area contributed by atoms with Gasteiger partial charge in [0.05, 0.1) is 27.8 Å². The lowest BCUT2D eigenvalue weighted by Crippen LogP contribution is -2.06. The number of aromatic amines is 1. The van der Waals surface area contributed by atoms with Gasteiger partial charge in [-0.3, -0.25) is 4.57 Å². The van der Waals surface area contributed by atoms with Gasteiger partial charge >= 0.3 is 0 Å². The van der Waals surface area contributed by atoms with Crippen LogP contribution in [-0.2, 0) is 13.5 Å². The number of fused-ring (bicyclic) bond motifs is 2. The van der Waals surface area contributed by atoms with E-state index in [0.29, 0.717) is 5.82 Å². The number of rotatable bonds is 7. The van der Waals surface area contributed by atoms with Gasteiger partial charge in [-0.15, -0.1) is 5.10 Å². The molecule has 0 aliphatic rings. The van der Waals surface area contributed by atoms with E-state index in [1.807, 2.05) is 12.1 Å². The number of nitrogens with one attached hydrogen (secondary N) is 1. The summed E-state index contributed by atoms with van der Waals surface area (Å²) in [4.78, 5) is 10.1. The lowest BCUT2D eigenvalue weighted by molar-refractivity contribution is 0.743. The maximum absolute atomic E-state index is 5.13. The highest BCUT2D eigenvalue weighted by molar-refractivity contribution is 5.89. The van der Waals surface area contributed by atoms with E-state index in [0.717, 1.165) is 86.5 Å². The fourth-order valence-corrected chi connectivity index (χ4v) is 5.81. The Hall–Kier alpha value is -5.11. The van der Waals surface area contributed by atoms with Gasteiger partial charge < -0.3 is 4.57 Å². The van der Waals surface area contributed by atoms with Crippen LogP contribution in [0.1, 0.15) is 31.2 Å². The molecule has 0 aliphatic carbocycles. The summed E-state index contributed by atoms with van der Waals surface area (Å²) < 4.78 is 4.47. The number of H-pyrrole nitrogens is 1. The third-order valence-corrected chi connectivity index (χ3v) is 7.87. The second-order valence-corrected chi connectivity index (χ2v) is 10.4. The summed E-state index contributed by atoms with van der Waals surface area (Å²) in [6.45, 7) is 4.36. The number of aromatic nitrogens is 8. The smallest absolute Gasteiger partial charge is 0.180 e. The number of imidazole rings is 2. The lowest BCUT2D eigenvalue weighted by atomic mass is 9.94. The first kappa shape index (κ1) is 24.9. The first-order valence-electron chi connectivity index (χ1n) is 14.0. The summed E-state index contributed by atoms with van der Waals surface area (Å²) in [7, 11) is 2.07. The summed E-state index contributed by atoms with van der Waals surface area (Å²) in [5.74, 6) is 2.62. The molecular weight excluding hydrogens is 508 g/mol. The second-order valence-electron chi connectivity index (χ2n) is 10.4. The molecule has 0 saturated heterocycles. The number of aryl methyl sites for hydroxylation is 2. The van der Waals surface area contributed by atoms with E-state index >= 15 is 0 Å². The zero-order chi connectivity index (χ0) is 27.9. The van der Waals surface area contributed by atoms with Crippen molar-refractivity contribution in [2.24, 2.45) is 7.05 Å². The Kier molecular flexibility index (Phi) is 6.15. The van der Waals surface area contributed by atoms with Crippen molar-refractivity contribution in [2.75, 3.05) is 0 Å². The quantitative estimate of drug-likeness (QED) is 0.234. The molecule has 3 heterocycles. The Bertz CT molecular complexity index is 2000. The molecule has 8 nitrogen and oxygen atoms in total. The maximum atomic E-state index is 5.13. The zero-order valence-electron chi connectivity index (χ0n) is 23.3. The average Bonchev–Trinajstić information content (AvgIpc) is 3.74. The Morgan fingerprint density at radius 3 is 2.39 bits per heavy atom. The number of unbranched alkanes of at least 4 members (excludes halogenated alkanes) is 1. The maximum Gasteiger partial charge on any atom is 0.180 e. The van der Waals surface area contributed by atoms with Crippen LogP contribution in [0.2, 0.25) is 0 Å². The van der Waals surface area contributed by atoms with Crippen molar-refractivity contribution in [1.82, 2.24) is 39.7 Å². The van der Waals surface area contributed by atoms with E-state index in [4.69, 9.17) is 9.97 Å². The fourth-order valence-electron chi connectivity index (χ4n) is 5.81. The monoisotopic (exact) mass is 538 g/mol. The van der Waals surface area contributed by atoms with Gasteiger partial charge in [0.25, 0.3) is 0 Å². The van der Waals surface area contributed by atoms with Crippen LogP contribution in [0, 0.1) is 6.92 Å². The van der Waals surface area contributed by atoms with Gasteiger partial charge in [-0.1, -0.05) is 61.9 Å². The van der Waals surface area contributed by atoms with Crippen molar-refractivity contribution in [3.8, 4) is 39.6 Å². The molecule has 7 rings (SSSR count). The first-order chi connectivity index (χ1) is 20.1. The number of tetrazole rings is 1. The molecular formula is C33H30N8. The molecule has 0 saturated carbocycles. The minimum Gasteiger partial charge on any atom is -0.327 e. The third-order valence-electron chi connectivity index (χ3n) is 7.87. The highest BCUT2D eigenvalue weighted by atomic mass is 15.5. The molecule has 0 bridgehead atoms. The van der Waals surface area contributed by atoms with Crippen LogP contribution in [0.15, 0.2) is 84.9 Å². The van der Waals surface area contributed by atoms with Crippen LogP contribution >= 0.6 is 0 Å². The zero-order valence-corrected chi connectivity index (χ0v) is 23.3. The molecule has 0 amide bonds. The molecule has 7 aromatic rings. The van der Waals surface area contributed by atoms with Gasteiger partial charge in [0, 0.05) is 24.6 Å². The standard InChI is InChI=1S/C33H30N8/c1-4-5-15-30-34-26-18-16-23(33-35-25-13-9-10-14-28(25)40(33)3)20-29(26)41(30)27-19-17-24(22-11-7-6-8-12-22)31(21(27)2)32-36-38-39-37-32/h6-14,16-20H,4-5,15H2,1-3H3,(H,36,37,38,39). The summed E-state index contributed by atoms with van der Waals surface area (Å²) in [6.07, 6.45) is 3.03. The van der Waals surface area contributed by atoms with E-state index in [2.05, 4.69) is 123 Å². The Morgan fingerprint density at radius 2 is 1.61 bits per heavy atom. The van der Waals surface area contributed by atoms with Crippen molar-refractivity contribution >= 4 is 22.1 Å². The molecule has 202 valence electrons. The molecule has 3 aromatic heterocycles. The largest absolute Gasteiger partial charge is 0.327 e. The van der Waals surface area contributed by atoms with Crippen LogP contribution in [0.4, 0.5) is 0 Å². The SMILES string of the molecule is CCCCc1nc2ccc(-c3nc4ccccc4n3C)cc2n1-c1ccc(-c2ccccc2)c(-c2nnn[nH]2)c1C. The van der Waals surface area contributed by atoms with E-state index in [1.165, 1.54) is 0 Å².